The van der Waals surface area contributed by atoms with Gasteiger partial charge in [0.05, 0.1) is 16.8 Å². The number of nitrogens with one attached hydrogen (secondary N) is 2. The number of hydrogen-bond donors (Lipinski definition) is 3. The number of amides is 1. The summed E-state index contributed by atoms with van der Waals surface area (Å²) in [6, 6.07) is 11.8. The molecule has 0 fully saturated rings. The van der Waals surface area contributed by atoms with Gasteiger partial charge in [-0.05, 0) is 61.1 Å². The highest BCUT2D eigenvalue weighted by atomic mass is 32.1. The zero-order valence-corrected chi connectivity index (χ0v) is 15.6. The number of fused-ring (bicyclic) bond motifs is 1. The number of aromatic nitrogens is 1. The fraction of sp³-hybridized carbons (Fsp3) is 0.167. The van der Waals surface area contributed by atoms with Crippen molar-refractivity contribution in [2.24, 2.45) is 0 Å². The van der Waals surface area contributed by atoms with Crippen LogP contribution >= 0.6 is 23.6 Å². The molecule has 0 saturated heterocycles. The molecule has 0 aliphatic heterocycles. The van der Waals surface area contributed by atoms with Crippen molar-refractivity contribution in [2.75, 3.05) is 11.9 Å². The van der Waals surface area contributed by atoms with Crippen LogP contribution in [0, 0.1) is 0 Å². The first-order valence-corrected chi connectivity index (χ1v) is 9.22. The zero-order valence-electron chi connectivity index (χ0n) is 14.0. The van der Waals surface area contributed by atoms with Crippen LogP contribution in [0.2, 0.25) is 0 Å². The summed E-state index contributed by atoms with van der Waals surface area (Å²) in [5.41, 5.74) is 1.22. The largest absolute Gasteiger partial charge is 0.508 e. The van der Waals surface area contributed by atoms with Gasteiger partial charge >= 0.3 is 0 Å². The van der Waals surface area contributed by atoms with Gasteiger partial charge in [0.15, 0.2) is 10.2 Å². The van der Waals surface area contributed by atoms with Crippen LogP contribution in [0.5, 0.6) is 11.5 Å². The molecular formula is C18H17N3O3S2. The first kappa shape index (κ1) is 18.1. The summed E-state index contributed by atoms with van der Waals surface area (Å²) in [6.07, 6.45) is 0.924. The highest BCUT2D eigenvalue weighted by Crippen LogP contribution is 2.28. The molecule has 0 radical (unpaired) electrons. The Bertz CT molecular complexity index is 939. The van der Waals surface area contributed by atoms with Crippen LogP contribution in [0.3, 0.4) is 0 Å². The van der Waals surface area contributed by atoms with E-state index in [1.54, 1.807) is 42.5 Å². The van der Waals surface area contributed by atoms with Crippen molar-refractivity contribution in [3.05, 3.63) is 48.0 Å². The van der Waals surface area contributed by atoms with Gasteiger partial charge in [-0.2, -0.15) is 0 Å². The van der Waals surface area contributed by atoms with Gasteiger partial charge in [-0.1, -0.05) is 18.3 Å². The molecule has 0 bridgehead atoms. The number of rotatable bonds is 5. The number of carbonyl (C=O) groups excluding carboxylic acids is 1. The summed E-state index contributed by atoms with van der Waals surface area (Å²) >= 11 is 6.51. The van der Waals surface area contributed by atoms with Gasteiger partial charge in [-0.25, -0.2) is 4.98 Å². The number of anilines is 1. The van der Waals surface area contributed by atoms with Crippen LogP contribution in [0.15, 0.2) is 42.5 Å². The van der Waals surface area contributed by atoms with E-state index < -0.39 is 0 Å². The summed E-state index contributed by atoms with van der Waals surface area (Å²) in [5, 5.41) is 15.7. The minimum Gasteiger partial charge on any atom is -0.508 e. The highest BCUT2D eigenvalue weighted by Gasteiger charge is 2.10. The maximum absolute atomic E-state index is 12.3. The lowest BCUT2D eigenvalue weighted by atomic mass is 10.2. The number of thiocarbonyl (C=S) groups is 1. The molecule has 26 heavy (non-hydrogen) atoms. The number of ether oxygens (including phenoxy) is 1. The number of thiazole rings is 1. The normalized spacial score (nSPS) is 10.5. The van der Waals surface area contributed by atoms with E-state index in [0.717, 1.165) is 22.4 Å². The third kappa shape index (κ3) is 4.47. The first-order chi connectivity index (χ1) is 12.5. The van der Waals surface area contributed by atoms with Crippen molar-refractivity contribution in [1.82, 2.24) is 10.3 Å². The fourth-order valence-corrected chi connectivity index (χ4v) is 3.35. The highest BCUT2D eigenvalue weighted by molar-refractivity contribution is 7.80. The van der Waals surface area contributed by atoms with E-state index in [9.17, 15) is 9.90 Å². The van der Waals surface area contributed by atoms with E-state index in [-0.39, 0.29) is 16.8 Å². The molecule has 1 amide bonds. The third-order valence-electron chi connectivity index (χ3n) is 3.41. The Balaban J connectivity index is 1.60. The molecule has 2 aromatic carbocycles. The topological polar surface area (TPSA) is 83.5 Å². The Morgan fingerprint density at radius 2 is 2.04 bits per heavy atom. The summed E-state index contributed by atoms with van der Waals surface area (Å²) in [4.78, 5) is 16.6. The SMILES string of the molecule is CCCOc1ccc(C(=O)NC(=S)Nc2nc3ccc(O)cc3s2)cc1. The number of aromatic hydroxyl groups is 1. The lowest BCUT2D eigenvalue weighted by Gasteiger charge is -2.08. The summed E-state index contributed by atoms with van der Waals surface area (Å²) in [7, 11) is 0. The third-order valence-corrected chi connectivity index (χ3v) is 4.55. The summed E-state index contributed by atoms with van der Waals surface area (Å²) < 4.78 is 6.32. The Labute approximate surface area is 159 Å². The van der Waals surface area contributed by atoms with Crippen LogP contribution in [0.4, 0.5) is 5.13 Å². The van der Waals surface area contributed by atoms with Gasteiger partial charge in [0, 0.05) is 5.56 Å². The maximum Gasteiger partial charge on any atom is 0.257 e. The van der Waals surface area contributed by atoms with Gasteiger partial charge in [-0.15, -0.1) is 0 Å². The Morgan fingerprint density at radius 1 is 1.27 bits per heavy atom. The Hall–Kier alpha value is -2.71. The predicted molar refractivity (Wildman–Crippen MR) is 107 cm³/mol. The summed E-state index contributed by atoms with van der Waals surface area (Å²) in [6.45, 7) is 2.67. The average molecular weight is 387 g/mol. The number of carbonyl (C=O) groups is 1. The molecule has 8 heteroatoms. The van der Waals surface area contributed by atoms with Crippen LogP contribution in [-0.2, 0) is 0 Å². The molecule has 0 atom stereocenters. The molecule has 3 aromatic rings. The van der Waals surface area contributed by atoms with Gasteiger partial charge < -0.3 is 15.2 Å². The molecule has 1 aromatic heterocycles. The van der Waals surface area contributed by atoms with Gasteiger partial charge in [0.25, 0.3) is 5.91 Å². The van der Waals surface area contributed by atoms with E-state index in [1.165, 1.54) is 11.3 Å². The van der Waals surface area contributed by atoms with E-state index in [2.05, 4.69) is 15.6 Å². The second-order valence-electron chi connectivity index (χ2n) is 5.45. The molecule has 0 spiro atoms. The minimum atomic E-state index is -0.316. The number of phenols is 1. The second kappa shape index (κ2) is 8.11. The molecular weight excluding hydrogens is 370 g/mol. The van der Waals surface area contributed by atoms with E-state index in [0.29, 0.717) is 17.3 Å². The molecule has 0 aliphatic rings. The van der Waals surface area contributed by atoms with Crippen LogP contribution in [0.1, 0.15) is 23.7 Å². The van der Waals surface area contributed by atoms with Crippen LogP contribution in [-0.4, -0.2) is 27.7 Å². The van der Waals surface area contributed by atoms with Gasteiger partial charge in [0.1, 0.15) is 11.5 Å². The smallest absolute Gasteiger partial charge is 0.257 e. The predicted octanol–water partition coefficient (Wildman–Crippen LogP) is 3.92. The van der Waals surface area contributed by atoms with Crippen molar-refractivity contribution in [2.45, 2.75) is 13.3 Å². The molecule has 1 heterocycles. The molecule has 6 nitrogen and oxygen atoms in total. The molecule has 0 saturated carbocycles. The fourth-order valence-electron chi connectivity index (χ4n) is 2.19. The van der Waals surface area contributed by atoms with Crippen molar-refractivity contribution < 1.29 is 14.6 Å². The lowest BCUT2D eigenvalue weighted by Crippen LogP contribution is -2.34. The summed E-state index contributed by atoms with van der Waals surface area (Å²) in [5.74, 6) is 0.583. The van der Waals surface area contributed by atoms with Gasteiger partial charge in [0.2, 0.25) is 0 Å². The number of benzene rings is 2. The van der Waals surface area contributed by atoms with Gasteiger partial charge in [-0.3, -0.25) is 10.1 Å². The van der Waals surface area contributed by atoms with Crippen molar-refractivity contribution in [3.63, 3.8) is 0 Å². The van der Waals surface area contributed by atoms with E-state index in [4.69, 9.17) is 17.0 Å². The van der Waals surface area contributed by atoms with E-state index >= 15 is 0 Å². The molecule has 0 aliphatic carbocycles. The lowest BCUT2D eigenvalue weighted by molar-refractivity contribution is 0.0977. The van der Waals surface area contributed by atoms with Crippen LogP contribution < -0.4 is 15.4 Å². The monoisotopic (exact) mass is 387 g/mol. The molecule has 0 unspecified atom stereocenters. The van der Waals surface area contributed by atoms with Crippen molar-refractivity contribution in [1.29, 1.82) is 0 Å². The molecule has 3 rings (SSSR count). The zero-order chi connectivity index (χ0) is 18.5. The molecule has 3 N–H and O–H groups in total. The van der Waals surface area contributed by atoms with Crippen molar-refractivity contribution >= 4 is 49.9 Å². The first-order valence-electron chi connectivity index (χ1n) is 8.00. The van der Waals surface area contributed by atoms with Crippen LogP contribution in [0.25, 0.3) is 10.2 Å². The Morgan fingerprint density at radius 3 is 2.77 bits per heavy atom. The Kier molecular flexibility index (Phi) is 5.65. The molecule has 134 valence electrons. The minimum absolute atomic E-state index is 0.157. The number of phenolic OH excluding ortho intramolecular Hbond substituents is 1. The quantitative estimate of drug-likeness (QED) is 0.576. The van der Waals surface area contributed by atoms with Crippen molar-refractivity contribution in [3.8, 4) is 11.5 Å². The van der Waals surface area contributed by atoms with E-state index in [1.807, 2.05) is 6.92 Å². The number of nitrogens with zero attached hydrogens (tertiary/aromatic N) is 1. The second-order valence-corrected chi connectivity index (χ2v) is 6.89. The maximum atomic E-state index is 12.3. The average Bonchev–Trinajstić information content (AvgIpc) is 3.01. The standard InChI is InChI=1S/C18H17N3O3S2/c1-2-9-24-13-6-3-11(4-7-13)16(23)20-17(25)21-18-19-14-8-5-12(22)10-15(14)26-18/h3-8,10,22H,2,9H2,1H3,(H2,19,20,21,23,25). The number of hydrogen-bond acceptors (Lipinski definition) is 6.